The summed E-state index contributed by atoms with van der Waals surface area (Å²) in [5.41, 5.74) is 8.27. The number of carbonyl (C=O) groups excluding carboxylic acids is 1. The quantitative estimate of drug-likeness (QED) is 0.842. The largest absolute Gasteiger partial charge is 0.398 e. The summed E-state index contributed by atoms with van der Waals surface area (Å²) in [4.78, 5) is 13.7. The van der Waals surface area contributed by atoms with Gasteiger partial charge in [0, 0.05) is 24.0 Å². The van der Waals surface area contributed by atoms with Crippen molar-refractivity contribution >= 4 is 17.3 Å². The van der Waals surface area contributed by atoms with Crippen LogP contribution in [-0.4, -0.2) is 13.0 Å². The molecule has 0 bridgehead atoms. The third-order valence-corrected chi connectivity index (χ3v) is 3.03. The molecule has 0 radical (unpaired) electrons. The second kappa shape index (κ2) is 5.10. The van der Waals surface area contributed by atoms with Crippen LogP contribution in [-0.2, 0) is 0 Å². The number of carbonyl (C=O) groups is 1. The first kappa shape index (κ1) is 13.1. The predicted octanol–water partition coefficient (Wildman–Crippen LogP) is 2.99. The molecule has 1 amide bonds. The highest BCUT2D eigenvalue weighted by atomic mass is 19.1. The molecular weight excluding hydrogens is 243 g/mol. The normalized spacial score (nSPS) is 10.3. The van der Waals surface area contributed by atoms with E-state index >= 15 is 0 Å². The molecule has 0 spiro atoms. The molecular formula is C15H15FN2O. The van der Waals surface area contributed by atoms with Crippen molar-refractivity contribution in [2.75, 3.05) is 17.7 Å². The second-order valence-corrected chi connectivity index (χ2v) is 4.42. The fourth-order valence-corrected chi connectivity index (χ4v) is 1.77. The molecule has 19 heavy (non-hydrogen) atoms. The van der Waals surface area contributed by atoms with Crippen LogP contribution >= 0.6 is 0 Å². The van der Waals surface area contributed by atoms with E-state index in [2.05, 4.69) is 0 Å². The minimum atomic E-state index is -0.374. The number of aryl methyl sites for hydroxylation is 1. The Bertz CT molecular complexity index is 625. The van der Waals surface area contributed by atoms with Crippen LogP contribution in [0.3, 0.4) is 0 Å². The predicted molar refractivity (Wildman–Crippen MR) is 74.7 cm³/mol. The average molecular weight is 258 g/mol. The Hall–Kier alpha value is -2.36. The van der Waals surface area contributed by atoms with E-state index in [1.807, 2.05) is 6.92 Å². The summed E-state index contributed by atoms with van der Waals surface area (Å²) in [6.07, 6.45) is 0. The lowest BCUT2D eigenvalue weighted by Crippen LogP contribution is -2.26. The Morgan fingerprint density at radius 1 is 1.21 bits per heavy atom. The maximum absolute atomic E-state index is 13.2. The Labute approximate surface area is 111 Å². The van der Waals surface area contributed by atoms with E-state index in [-0.39, 0.29) is 11.7 Å². The van der Waals surface area contributed by atoms with Crippen molar-refractivity contribution in [2.45, 2.75) is 6.92 Å². The second-order valence-electron chi connectivity index (χ2n) is 4.42. The highest BCUT2D eigenvalue weighted by Crippen LogP contribution is 2.19. The zero-order chi connectivity index (χ0) is 14.0. The van der Waals surface area contributed by atoms with Crippen molar-refractivity contribution in [3.8, 4) is 0 Å². The van der Waals surface area contributed by atoms with Gasteiger partial charge in [0.05, 0.1) is 0 Å². The lowest BCUT2D eigenvalue weighted by atomic mass is 10.1. The van der Waals surface area contributed by atoms with Gasteiger partial charge in [0.25, 0.3) is 5.91 Å². The molecule has 2 rings (SSSR count). The van der Waals surface area contributed by atoms with Crippen molar-refractivity contribution in [2.24, 2.45) is 0 Å². The van der Waals surface area contributed by atoms with Crippen molar-refractivity contribution in [3.63, 3.8) is 0 Å². The molecule has 0 atom stereocenters. The number of benzene rings is 2. The van der Waals surface area contributed by atoms with E-state index in [0.717, 1.165) is 5.56 Å². The van der Waals surface area contributed by atoms with Crippen LogP contribution in [0, 0.1) is 12.7 Å². The van der Waals surface area contributed by atoms with Gasteiger partial charge in [-0.3, -0.25) is 4.79 Å². The average Bonchev–Trinajstić information content (AvgIpc) is 2.40. The molecule has 3 nitrogen and oxygen atoms in total. The Morgan fingerprint density at radius 3 is 2.58 bits per heavy atom. The van der Waals surface area contributed by atoms with Crippen LogP contribution in [0.25, 0.3) is 0 Å². The lowest BCUT2D eigenvalue weighted by Gasteiger charge is -2.18. The van der Waals surface area contributed by atoms with Gasteiger partial charge in [-0.1, -0.05) is 12.1 Å². The summed E-state index contributed by atoms with van der Waals surface area (Å²) in [5, 5.41) is 0. The summed E-state index contributed by atoms with van der Waals surface area (Å²) in [5.74, 6) is -0.599. The van der Waals surface area contributed by atoms with Gasteiger partial charge in [-0.2, -0.15) is 0 Å². The van der Waals surface area contributed by atoms with E-state index < -0.39 is 0 Å². The van der Waals surface area contributed by atoms with E-state index in [4.69, 9.17) is 5.73 Å². The minimum absolute atomic E-state index is 0.225. The fourth-order valence-electron chi connectivity index (χ4n) is 1.77. The molecule has 0 saturated heterocycles. The van der Waals surface area contributed by atoms with Crippen molar-refractivity contribution in [1.29, 1.82) is 0 Å². The number of nitrogen functional groups attached to an aromatic ring is 1. The van der Waals surface area contributed by atoms with Crippen molar-refractivity contribution in [1.82, 2.24) is 0 Å². The van der Waals surface area contributed by atoms with Gasteiger partial charge in [-0.15, -0.1) is 0 Å². The Morgan fingerprint density at radius 2 is 1.95 bits per heavy atom. The number of hydrogen-bond donors (Lipinski definition) is 1. The molecule has 0 unspecified atom stereocenters. The van der Waals surface area contributed by atoms with Gasteiger partial charge in [0.1, 0.15) is 5.82 Å². The number of amides is 1. The first-order chi connectivity index (χ1) is 8.99. The molecule has 2 aromatic carbocycles. The van der Waals surface area contributed by atoms with Crippen LogP contribution in [0.2, 0.25) is 0 Å². The van der Waals surface area contributed by atoms with Gasteiger partial charge in [-0.05, 0) is 42.8 Å². The van der Waals surface area contributed by atoms with Gasteiger partial charge in [0.2, 0.25) is 0 Å². The van der Waals surface area contributed by atoms with Gasteiger partial charge in [-0.25, -0.2) is 4.39 Å². The van der Waals surface area contributed by atoms with Crippen molar-refractivity contribution in [3.05, 3.63) is 59.4 Å². The van der Waals surface area contributed by atoms with Crippen LogP contribution in [0.4, 0.5) is 15.8 Å². The summed E-state index contributed by atoms with van der Waals surface area (Å²) in [6.45, 7) is 1.87. The number of halogens is 1. The molecule has 0 heterocycles. The summed E-state index contributed by atoms with van der Waals surface area (Å²) in [6, 6.07) is 11.0. The van der Waals surface area contributed by atoms with Crippen LogP contribution in [0.1, 0.15) is 15.9 Å². The Kier molecular flexibility index (Phi) is 3.51. The zero-order valence-electron chi connectivity index (χ0n) is 10.9. The monoisotopic (exact) mass is 258 g/mol. The molecule has 98 valence electrons. The standard InChI is InChI=1S/C15H15FN2O/c1-10-6-7-11(8-14(10)17)15(19)18(2)13-5-3-4-12(16)9-13/h3-9H,17H2,1-2H3. The summed E-state index contributed by atoms with van der Waals surface area (Å²) in [7, 11) is 1.60. The van der Waals surface area contributed by atoms with E-state index in [1.165, 1.54) is 17.0 Å². The molecule has 0 aliphatic heterocycles. The molecule has 2 N–H and O–H groups in total. The number of nitrogens with zero attached hydrogens (tertiary/aromatic N) is 1. The van der Waals surface area contributed by atoms with E-state index in [1.54, 1.807) is 37.4 Å². The van der Waals surface area contributed by atoms with Gasteiger partial charge in [0.15, 0.2) is 0 Å². The topological polar surface area (TPSA) is 46.3 Å². The molecule has 0 saturated carbocycles. The fraction of sp³-hybridized carbons (Fsp3) is 0.133. The summed E-state index contributed by atoms with van der Waals surface area (Å²) < 4.78 is 13.2. The maximum atomic E-state index is 13.2. The van der Waals surface area contributed by atoms with Crippen LogP contribution in [0.5, 0.6) is 0 Å². The highest BCUT2D eigenvalue weighted by Gasteiger charge is 2.14. The zero-order valence-corrected chi connectivity index (χ0v) is 10.9. The van der Waals surface area contributed by atoms with Gasteiger partial charge < -0.3 is 10.6 Å². The molecule has 0 aliphatic rings. The smallest absolute Gasteiger partial charge is 0.258 e. The summed E-state index contributed by atoms with van der Waals surface area (Å²) >= 11 is 0. The third-order valence-electron chi connectivity index (χ3n) is 3.03. The lowest BCUT2D eigenvalue weighted by molar-refractivity contribution is 0.0993. The maximum Gasteiger partial charge on any atom is 0.258 e. The van der Waals surface area contributed by atoms with Crippen molar-refractivity contribution < 1.29 is 9.18 Å². The number of anilines is 2. The molecule has 4 heteroatoms. The van der Waals surface area contributed by atoms with E-state index in [9.17, 15) is 9.18 Å². The SMILES string of the molecule is Cc1ccc(C(=O)N(C)c2cccc(F)c2)cc1N. The molecule has 0 aliphatic carbocycles. The third kappa shape index (κ3) is 2.73. The first-order valence-corrected chi connectivity index (χ1v) is 5.89. The van der Waals surface area contributed by atoms with Crippen LogP contribution in [0.15, 0.2) is 42.5 Å². The van der Waals surface area contributed by atoms with E-state index in [0.29, 0.717) is 16.9 Å². The molecule has 2 aromatic rings. The van der Waals surface area contributed by atoms with Gasteiger partial charge >= 0.3 is 0 Å². The molecule has 0 aromatic heterocycles. The Balaban J connectivity index is 2.30. The number of hydrogen-bond acceptors (Lipinski definition) is 2. The molecule has 0 fully saturated rings. The number of rotatable bonds is 2. The van der Waals surface area contributed by atoms with Crippen LogP contribution < -0.4 is 10.6 Å². The first-order valence-electron chi connectivity index (χ1n) is 5.89. The number of nitrogens with two attached hydrogens (primary N) is 1. The minimum Gasteiger partial charge on any atom is -0.398 e. The highest BCUT2D eigenvalue weighted by molar-refractivity contribution is 6.06.